The molecule has 0 aromatic heterocycles. The molecule has 0 saturated carbocycles. The second kappa shape index (κ2) is 7.10. The van der Waals surface area contributed by atoms with Gasteiger partial charge in [-0.05, 0) is 43.0 Å². The van der Waals surface area contributed by atoms with Crippen molar-refractivity contribution in [2.45, 2.75) is 52.4 Å². The van der Waals surface area contributed by atoms with E-state index in [1.165, 1.54) is 0 Å². The predicted molar refractivity (Wildman–Crippen MR) is 70.6 cm³/mol. The SMILES string of the molecule is CCCCCc1cc(O)ccc1C(=O)CCC. The third-order valence-corrected chi connectivity index (χ3v) is 2.92. The highest BCUT2D eigenvalue weighted by atomic mass is 16.3. The fraction of sp³-hybridized carbons (Fsp3) is 0.533. The molecule has 0 saturated heterocycles. The molecule has 0 unspecified atom stereocenters. The third-order valence-electron chi connectivity index (χ3n) is 2.92. The van der Waals surface area contributed by atoms with E-state index in [2.05, 4.69) is 6.92 Å². The van der Waals surface area contributed by atoms with Crippen LogP contribution in [0.5, 0.6) is 5.75 Å². The minimum absolute atomic E-state index is 0.194. The highest BCUT2D eigenvalue weighted by molar-refractivity contribution is 5.97. The summed E-state index contributed by atoms with van der Waals surface area (Å²) in [5.74, 6) is 0.448. The van der Waals surface area contributed by atoms with Gasteiger partial charge < -0.3 is 5.11 Å². The molecule has 0 aliphatic rings. The number of Topliss-reactive ketones (excluding diaryl/α,β-unsaturated/α-hetero) is 1. The molecule has 0 aliphatic carbocycles. The normalized spacial score (nSPS) is 10.5. The van der Waals surface area contributed by atoms with Gasteiger partial charge in [0.05, 0.1) is 0 Å². The summed E-state index contributed by atoms with van der Waals surface area (Å²) in [6, 6.07) is 5.10. The van der Waals surface area contributed by atoms with Gasteiger partial charge in [0.25, 0.3) is 0 Å². The number of phenols is 1. The number of aromatic hydroxyl groups is 1. The number of rotatable bonds is 7. The first-order valence-corrected chi connectivity index (χ1v) is 6.54. The topological polar surface area (TPSA) is 37.3 Å². The highest BCUT2D eigenvalue weighted by Gasteiger charge is 2.10. The zero-order valence-corrected chi connectivity index (χ0v) is 10.8. The van der Waals surface area contributed by atoms with Gasteiger partial charge in [0, 0.05) is 12.0 Å². The first-order chi connectivity index (χ1) is 8.19. The Hall–Kier alpha value is -1.31. The van der Waals surface area contributed by atoms with Crippen LogP contribution in [-0.4, -0.2) is 10.9 Å². The van der Waals surface area contributed by atoms with E-state index >= 15 is 0 Å². The quantitative estimate of drug-likeness (QED) is 0.569. The summed E-state index contributed by atoms with van der Waals surface area (Å²) in [6.07, 6.45) is 5.74. The zero-order chi connectivity index (χ0) is 12.7. The molecule has 1 aromatic rings. The van der Waals surface area contributed by atoms with Gasteiger partial charge in [-0.25, -0.2) is 0 Å². The minimum atomic E-state index is 0.194. The molecule has 0 radical (unpaired) electrons. The highest BCUT2D eigenvalue weighted by Crippen LogP contribution is 2.20. The van der Waals surface area contributed by atoms with Gasteiger partial charge in [-0.1, -0.05) is 26.7 Å². The molecule has 0 fully saturated rings. The van der Waals surface area contributed by atoms with Crippen LogP contribution in [0, 0.1) is 0 Å². The molecule has 0 atom stereocenters. The fourth-order valence-corrected chi connectivity index (χ4v) is 1.99. The zero-order valence-electron chi connectivity index (χ0n) is 10.8. The van der Waals surface area contributed by atoms with E-state index in [9.17, 15) is 9.90 Å². The summed E-state index contributed by atoms with van der Waals surface area (Å²) in [5, 5.41) is 9.49. The van der Waals surface area contributed by atoms with Crippen molar-refractivity contribution in [1.29, 1.82) is 0 Å². The van der Waals surface area contributed by atoms with Crippen LogP contribution in [0.4, 0.5) is 0 Å². The van der Waals surface area contributed by atoms with Crippen LogP contribution in [0.3, 0.4) is 0 Å². The largest absolute Gasteiger partial charge is 0.508 e. The summed E-state index contributed by atoms with van der Waals surface area (Å²) in [7, 11) is 0. The monoisotopic (exact) mass is 234 g/mol. The second-order valence-corrected chi connectivity index (χ2v) is 4.47. The number of benzene rings is 1. The molecule has 2 heteroatoms. The Morgan fingerprint density at radius 1 is 1.18 bits per heavy atom. The molecule has 0 amide bonds. The second-order valence-electron chi connectivity index (χ2n) is 4.47. The predicted octanol–water partition coefficient (Wildman–Crippen LogP) is 4.11. The lowest BCUT2D eigenvalue weighted by Crippen LogP contribution is -2.03. The Morgan fingerprint density at radius 2 is 1.94 bits per heavy atom. The van der Waals surface area contributed by atoms with Crippen molar-refractivity contribution in [3.8, 4) is 5.75 Å². The Labute approximate surface area is 104 Å². The molecule has 0 aliphatic heterocycles. The lowest BCUT2D eigenvalue weighted by atomic mass is 9.96. The molecule has 1 aromatic carbocycles. The van der Waals surface area contributed by atoms with Crippen LogP contribution in [0.25, 0.3) is 0 Å². The Morgan fingerprint density at radius 3 is 2.59 bits per heavy atom. The smallest absolute Gasteiger partial charge is 0.163 e. The van der Waals surface area contributed by atoms with Gasteiger partial charge in [0.1, 0.15) is 5.75 Å². The summed E-state index contributed by atoms with van der Waals surface area (Å²) < 4.78 is 0. The van der Waals surface area contributed by atoms with E-state index < -0.39 is 0 Å². The Kier molecular flexibility index (Phi) is 5.75. The van der Waals surface area contributed by atoms with E-state index in [0.717, 1.165) is 43.2 Å². The standard InChI is InChI=1S/C15H22O2/c1-3-5-6-8-12-11-13(16)9-10-14(12)15(17)7-4-2/h9-11,16H,3-8H2,1-2H3. The maximum Gasteiger partial charge on any atom is 0.163 e. The van der Waals surface area contributed by atoms with Crippen molar-refractivity contribution in [3.05, 3.63) is 29.3 Å². The molecule has 0 bridgehead atoms. The van der Waals surface area contributed by atoms with Crippen molar-refractivity contribution >= 4 is 5.78 Å². The summed E-state index contributed by atoms with van der Waals surface area (Å²) in [6.45, 7) is 4.17. The average Bonchev–Trinajstić information content (AvgIpc) is 2.30. The van der Waals surface area contributed by atoms with Crippen LogP contribution in [0.15, 0.2) is 18.2 Å². The van der Waals surface area contributed by atoms with Crippen molar-refractivity contribution in [2.24, 2.45) is 0 Å². The fourth-order valence-electron chi connectivity index (χ4n) is 1.99. The van der Waals surface area contributed by atoms with Crippen LogP contribution < -0.4 is 0 Å². The summed E-state index contributed by atoms with van der Waals surface area (Å²) in [4.78, 5) is 11.9. The number of carbonyl (C=O) groups is 1. The van der Waals surface area contributed by atoms with Gasteiger partial charge in [-0.3, -0.25) is 4.79 Å². The Balaban J connectivity index is 2.83. The van der Waals surface area contributed by atoms with E-state index in [1.807, 2.05) is 6.92 Å². The molecule has 1 rings (SSSR count). The number of carbonyl (C=O) groups excluding carboxylic acids is 1. The summed E-state index contributed by atoms with van der Waals surface area (Å²) >= 11 is 0. The molecule has 94 valence electrons. The number of ketones is 1. The molecular formula is C15H22O2. The Bertz CT molecular complexity index is 369. The molecular weight excluding hydrogens is 212 g/mol. The maximum atomic E-state index is 11.9. The van der Waals surface area contributed by atoms with Crippen LogP contribution >= 0.6 is 0 Å². The minimum Gasteiger partial charge on any atom is -0.508 e. The maximum absolute atomic E-state index is 11.9. The van der Waals surface area contributed by atoms with Gasteiger partial charge in [0.15, 0.2) is 5.78 Å². The number of phenolic OH excluding ortho intramolecular Hbond substituents is 1. The first kappa shape index (κ1) is 13.8. The van der Waals surface area contributed by atoms with E-state index in [4.69, 9.17) is 0 Å². The van der Waals surface area contributed by atoms with Crippen molar-refractivity contribution in [3.63, 3.8) is 0 Å². The van der Waals surface area contributed by atoms with Crippen LogP contribution in [0.2, 0.25) is 0 Å². The molecule has 1 N–H and O–H groups in total. The molecule has 17 heavy (non-hydrogen) atoms. The number of hydrogen-bond acceptors (Lipinski definition) is 2. The molecule has 2 nitrogen and oxygen atoms in total. The molecule has 0 heterocycles. The number of aryl methyl sites for hydroxylation is 1. The van der Waals surface area contributed by atoms with Gasteiger partial charge in [-0.2, -0.15) is 0 Å². The van der Waals surface area contributed by atoms with E-state index in [0.29, 0.717) is 6.42 Å². The van der Waals surface area contributed by atoms with Gasteiger partial charge >= 0.3 is 0 Å². The third kappa shape index (κ3) is 4.22. The number of hydrogen-bond donors (Lipinski definition) is 1. The lowest BCUT2D eigenvalue weighted by molar-refractivity contribution is 0.0981. The molecule has 0 spiro atoms. The van der Waals surface area contributed by atoms with Crippen LogP contribution in [0.1, 0.15) is 61.9 Å². The van der Waals surface area contributed by atoms with Gasteiger partial charge in [0.2, 0.25) is 0 Å². The van der Waals surface area contributed by atoms with Crippen molar-refractivity contribution in [2.75, 3.05) is 0 Å². The average molecular weight is 234 g/mol. The van der Waals surface area contributed by atoms with Crippen molar-refractivity contribution in [1.82, 2.24) is 0 Å². The van der Waals surface area contributed by atoms with Crippen LogP contribution in [-0.2, 0) is 6.42 Å². The summed E-state index contributed by atoms with van der Waals surface area (Å²) in [5.41, 5.74) is 1.79. The number of unbranched alkanes of at least 4 members (excludes halogenated alkanes) is 2. The van der Waals surface area contributed by atoms with E-state index in [1.54, 1.807) is 18.2 Å². The van der Waals surface area contributed by atoms with Crippen molar-refractivity contribution < 1.29 is 9.90 Å². The van der Waals surface area contributed by atoms with Gasteiger partial charge in [-0.15, -0.1) is 0 Å². The first-order valence-electron chi connectivity index (χ1n) is 6.54. The lowest BCUT2D eigenvalue weighted by Gasteiger charge is -2.08. The van der Waals surface area contributed by atoms with E-state index in [-0.39, 0.29) is 11.5 Å².